The van der Waals surface area contributed by atoms with E-state index in [-0.39, 0.29) is 11.6 Å². The van der Waals surface area contributed by atoms with E-state index in [2.05, 4.69) is 31.5 Å². The van der Waals surface area contributed by atoms with Crippen molar-refractivity contribution >= 4 is 22.4 Å². The first-order valence-corrected chi connectivity index (χ1v) is 10.6. The lowest BCUT2D eigenvalue weighted by molar-refractivity contribution is 0.0174. The number of anilines is 2. The Morgan fingerprint density at radius 3 is 2.81 bits per heavy atom. The molecule has 5 rings (SSSR count). The van der Waals surface area contributed by atoms with Crippen LogP contribution >= 0.6 is 0 Å². The second-order valence-electron chi connectivity index (χ2n) is 8.60. The van der Waals surface area contributed by atoms with E-state index in [1.807, 2.05) is 26.1 Å². The van der Waals surface area contributed by atoms with E-state index in [0.717, 1.165) is 54.3 Å². The van der Waals surface area contributed by atoms with Gasteiger partial charge in [-0.1, -0.05) is 18.2 Å². The van der Waals surface area contributed by atoms with Crippen LogP contribution < -0.4 is 10.2 Å². The van der Waals surface area contributed by atoms with Crippen molar-refractivity contribution in [3.63, 3.8) is 0 Å². The number of ether oxygens (including phenoxy) is 1. The molecule has 3 atom stereocenters. The lowest BCUT2D eigenvalue weighted by Crippen LogP contribution is -2.36. The second-order valence-corrected chi connectivity index (χ2v) is 8.60. The smallest absolute Gasteiger partial charge is 0.270 e. The molecule has 2 fully saturated rings. The zero-order chi connectivity index (χ0) is 21.8. The largest absolute Gasteiger partial charge is 0.374 e. The highest BCUT2D eigenvalue weighted by molar-refractivity contribution is 5.92. The maximum Gasteiger partial charge on any atom is 0.270 e. The first kappa shape index (κ1) is 20.1. The van der Waals surface area contributed by atoms with Crippen LogP contribution in [0.1, 0.15) is 43.1 Å². The molecule has 1 aromatic carbocycles. The SMILES string of the molecule is Cc1nnc(N[C@H](C)c2cccc(C(C)(F)F)c2)c2cc(N3CC4CC3CO4)cnc12. The molecule has 4 heterocycles. The Morgan fingerprint density at radius 1 is 1.26 bits per heavy atom. The normalized spacial score (nSPS) is 21.6. The molecule has 2 saturated heterocycles. The van der Waals surface area contributed by atoms with Gasteiger partial charge in [0.1, 0.15) is 0 Å². The molecule has 2 aliphatic rings. The fourth-order valence-corrected chi connectivity index (χ4v) is 4.50. The number of nitrogens with zero attached hydrogens (tertiary/aromatic N) is 4. The Labute approximate surface area is 179 Å². The molecule has 2 aromatic heterocycles. The molecule has 2 bridgehead atoms. The molecule has 8 heteroatoms. The number of aromatic nitrogens is 3. The van der Waals surface area contributed by atoms with Crippen molar-refractivity contribution in [1.29, 1.82) is 0 Å². The highest BCUT2D eigenvalue weighted by atomic mass is 19.3. The Bertz CT molecular complexity index is 1130. The van der Waals surface area contributed by atoms with Gasteiger partial charge >= 0.3 is 0 Å². The van der Waals surface area contributed by atoms with E-state index in [0.29, 0.717) is 18.0 Å². The van der Waals surface area contributed by atoms with Crippen molar-refractivity contribution in [3.8, 4) is 0 Å². The van der Waals surface area contributed by atoms with Crippen LogP contribution in [0.25, 0.3) is 10.9 Å². The molecule has 31 heavy (non-hydrogen) atoms. The third-order valence-corrected chi connectivity index (χ3v) is 6.25. The fraction of sp³-hybridized carbons (Fsp3) is 0.435. The Morgan fingerprint density at radius 2 is 2.10 bits per heavy atom. The summed E-state index contributed by atoms with van der Waals surface area (Å²) in [5.41, 5.74) is 3.32. The zero-order valence-electron chi connectivity index (χ0n) is 17.8. The Kier molecular flexibility index (Phi) is 4.77. The molecule has 0 spiro atoms. The molecule has 162 valence electrons. The summed E-state index contributed by atoms with van der Waals surface area (Å²) in [6, 6.07) is 8.71. The topological polar surface area (TPSA) is 63.2 Å². The number of hydrogen-bond acceptors (Lipinski definition) is 6. The van der Waals surface area contributed by atoms with Crippen molar-refractivity contribution < 1.29 is 13.5 Å². The number of halogens is 2. The molecule has 0 radical (unpaired) electrons. The average Bonchev–Trinajstić information content (AvgIpc) is 3.39. The molecule has 0 saturated carbocycles. The van der Waals surface area contributed by atoms with Crippen LogP contribution in [0.3, 0.4) is 0 Å². The molecule has 0 aliphatic carbocycles. The maximum absolute atomic E-state index is 13.8. The average molecular weight is 425 g/mol. The number of rotatable bonds is 5. The number of benzene rings is 1. The van der Waals surface area contributed by atoms with Crippen LogP contribution in [0.5, 0.6) is 0 Å². The summed E-state index contributed by atoms with van der Waals surface area (Å²) in [6.07, 6.45) is 3.23. The molecular weight excluding hydrogens is 400 g/mol. The predicted molar refractivity (Wildman–Crippen MR) is 116 cm³/mol. The second kappa shape index (κ2) is 7.37. The number of pyridine rings is 1. The Hall–Kier alpha value is -2.87. The molecule has 0 amide bonds. The van der Waals surface area contributed by atoms with Gasteiger partial charge in [0.25, 0.3) is 5.92 Å². The number of hydrogen-bond donors (Lipinski definition) is 1. The van der Waals surface area contributed by atoms with Crippen LogP contribution in [-0.2, 0) is 10.7 Å². The van der Waals surface area contributed by atoms with E-state index in [9.17, 15) is 8.78 Å². The van der Waals surface area contributed by atoms with Gasteiger partial charge in [-0.15, -0.1) is 5.10 Å². The van der Waals surface area contributed by atoms with Gasteiger partial charge in [-0.25, -0.2) is 8.78 Å². The summed E-state index contributed by atoms with van der Waals surface area (Å²) in [5.74, 6) is -2.29. The van der Waals surface area contributed by atoms with Crippen molar-refractivity contribution in [2.24, 2.45) is 0 Å². The van der Waals surface area contributed by atoms with Crippen LogP contribution in [0, 0.1) is 6.92 Å². The van der Waals surface area contributed by atoms with Gasteiger partial charge in [-0.2, -0.15) is 5.10 Å². The number of fused-ring (bicyclic) bond motifs is 3. The third kappa shape index (κ3) is 3.69. The highest BCUT2D eigenvalue weighted by Gasteiger charge is 2.39. The van der Waals surface area contributed by atoms with E-state index in [4.69, 9.17) is 4.74 Å². The number of morpholine rings is 1. The number of nitrogens with one attached hydrogen (secondary N) is 1. The summed E-state index contributed by atoms with van der Waals surface area (Å²) in [7, 11) is 0. The lowest BCUT2D eigenvalue weighted by Gasteiger charge is -2.29. The van der Waals surface area contributed by atoms with Crippen molar-refractivity contribution in [3.05, 3.63) is 53.3 Å². The monoisotopic (exact) mass is 425 g/mol. The van der Waals surface area contributed by atoms with Crippen LogP contribution in [0.2, 0.25) is 0 Å². The minimum Gasteiger partial charge on any atom is -0.374 e. The van der Waals surface area contributed by atoms with E-state index in [1.54, 1.807) is 6.07 Å². The van der Waals surface area contributed by atoms with E-state index in [1.165, 1.54) is 12.1 Å². The van der Waals surface area contributed by atoms with Crippen LogP contribution in [-0.4, -0.2) is 40.5 Å². The minimum atomic E-state index is -2.89. The van der Waals surface area contributed by atoms with E-state index >= 15 is 0 Å². The van der Waals surface area contributed by atoms with E-state index < -0.39 is 5.92 Å². The molecule has 6 nitrogen and oxygen atoms in total. The van der Waals surface area contributed by atoms with Crippen molar-refractivity contribution in [1.82, 2.24) is 15.2 Å². The summed E-state index contributed by atoms with van der Waals surface area (Å²) in [6.45, 7) is 6.33. The van der Waals surface area contributed by atoms with Gasteiger partial charge in [-0.05, 0) is 38.0 Å². The highest BCUT2D eigenvalue weighted by Crippen LogP contribution is 2.35. The Balaban J connectivity index is 1.48. The molecule has 3 aromatic rings. The zero-order valence-corrected chi connectivity index (χ0v) is 17.8. The molecule has 2 aliphatic heterocycles. The number of alkyl halides is 2. The van der Waals surface area contributed by atoms with Crippen LogP contribution in [0.4, 0.5) is 20.3 Å². The number of aryl methyl sites for hydroxylation is 1. The summed E-state index contributed by atoms with van der Waals surface area (Å²) >= 11 is 0. The fourth-order valence-electron chi connectivity index (χ4n) is 4.50. The summed E-state index contributed by atoms with van der Waals surface area (Å²) in [4.78, 5) is 7.02. The summed E-state index contributed by atoms with van der Waals surface area (Å²) in [5, 5.41) is 12.8. The minimum absolute atomic E-state index is 0.00578. The predicted octanol–water partition coefficient (Wildman–Crippen LogP) is 4.60. The van der Waals surface area contributed by atoms with Gasteiger partial charge < -0.3 is 15.0 Å². The van der Waals surface area contributed by atoms with Gasteiger partial charge in [-0.3, -0.25) is 4.98 Å². The lowest BCUT2D eigenvalue weighted by atomic mass is 10.0. The maximum atomic E-state index is 13.8. The molecule has 2 unspecified atom stereocenters. The van der Waals surface area contributed by atoms with Gasteiger partial charge in [0, 0.05) is 24.4 Å². The standard InChI is InChI=1S/C23H25F2N5O/c1-13(15-5-4-6-16(7-15)23(3,24)25)27-22-20-9-17(10-26-21(20)14(2)28-29-22)30-11-19-8-18(30)12-31-19/h4-7,9-10,13,18-19H,8,11-12H2,1-3H3,(H,27,29)/t13-,18?,19?/m1/s1. The summed E-state index contributed by atoms with van der Waals surface area (Å²) < 4.78 is 33.3. The van der Waals surface area contributed by atoms with Gasteiger partial charge in [0.15, 0.2) is 5.82 Å². The van der Waals surface area contributed by atoms with Crippen LogP contribution in [0.15, 0.2) is 36.5 Å². The van der Waals surface area contributed by atoms with Crippen molar-refractivity contribution in [2.45, 2.75) is 51.3 Å². The van der Waals surface area contributed by atoms with Crippen molar-refractivity contribution in [2.75, 3.05) is 23.4 Å². The molecular formula is C23H25F2N5O. The van der Waals surface area contributed by atoms with Gasteiger partial charge in [0.2, 0.25) is 0 Å². The first-order valence-electron chi connectivity index (χ1n) is 10.6. The quantitative estimate of drug-likeness (QED) is 0.645. The first-order chi connectivity index (χ1) is 14.8. The molecule has 1 N–H and O–H groups in total. The third-order valence-electron chi connectivity index (χ3n) is 6.25. The van der Waals surface area contributed by atoms with Gasteiger partial charge in [0.05, 0.1) is 47.9 Å².